The van der Waals surface area contributed by atoms with Crippen molar-refractivity contribution >= 4 is 11.6 Å². The Kier molecular flexibility index (Phi) is 3.65. The van der Waals surface area contributed by atoms with Gasteiger partial charge in [-0.05, 0) is 42.8 Å². The normalized spacial score (nSPS) is 10.7. The van der Waals surface area contributed by atoms with Gasteiger partial charge < -0.3 is 14.6 Å². The summed E-state index contributed by atoms with van der Waals surface area (Å²) < 4.78 is 12.1. The van der Waals surface area contributed by atoms with Crippen LogP contribution >= 0.6 is 0 Å². The number of fused-ring (bicyclic) bond motifs is 1. The van der Waals surface area contributed by atoms with Gasteiger partial charge in [0.25, 0.3) is 0 Å². The van der Waals surface area contributed by atoms with Crippen LogP contribution in [0.2, 0.25) is 0 Å². The van der Waals surface area contributed by atoms with Crippen molar-refractivity contribution in [3.63, 3.8) is 0 Å². The smallest absolute Gasteiger partial charge is 0.355 e. The van der Waals surface area contributed by atoms with Crippen LogP contribution in [0.1, 0.15) is 16.1 Å². The van der Waals surface area contributed by atoms with E-state index in [4.69, 9.17) is 9.47 Å². The second kappa shape index (κ2) is 5.64. The van der Waals surface area contributed by atoms with Gasteiger partial charge >= 0.3 is 5.97 Å². The molecular formula is C17H16N2O4. The Bertz CT molecular complexity index is 899. The van der Waals surface area contributed by atoms with Crippen molar-refractivity contribution in [2.75, 3.05) is 14.2 Å². The predicted octanol–water partition coefficient (Wildman–Crippen LogP) is 3.03. The van der Waals surface area contributed by atoms with Crippen molar-refractivity contribution in [1.82, 2.24) is 9.38 Å². The Hall–Kier alpha value is -3.02. The van der Waals surface area contributed by atoms with Crippen LogP contribution in [0, 0.1) is 6.92 Å². The number of carboxylic acid groups (broad SMARTS) is 1. The van der Waals surface area contributed by atoms with Gasteiger partial charge in [-0.3, -0.25) is 4.40 Å². The third-order valence-electron chi connectivity index (χ3n) is 3.64. The molecule has 0 aliphatic heterocycles. The minimum atomic E-state index is -1.04. The van der Waals surface area contributed by atoms with E-state index in [-0.39, 0.29) is 5.69 Å². The zero-order chi connectivity index (χ0) is 16.6. The molecule has 0 bridgehead atoms. The molecule has 2 heterocycles. The Balaban J connectivity index is 2.27. The summed E-state index contributed by atoms with van der Waals surface area (Å²) in [5.74, 6) is 0.0634. The Labute approximate surface area is 132 Å². The molecule has 118 valence electrons. The van der Waals surface area contributed by atoms with E-state index in [1.807, 2.05) is 19.1 Å². The van der Waals surface area contributed by atoms with Crippen molar-refractivity contribution in [2.45, 2.75) is 6.92 Å². The summed E-state index contributed by atoms with van der Waals surface area (Å²) >= 11 is 0. The highest BCUT2D eigenvalue weighted by atomic mass is 16.5. The van der Waals surface area contributed by atoms with Crippen molar-refractivity contribution in [1.29, 1.82) is 0 Å². The number of aromatic nitrogens is 2. The van der Waals surface area contributed by atoms with Crippen LogP contribution in [0.4, 0.5) is 0 Å². The van der Waals surface area contributed by atoms with Crippen LogP contribution < -0.4 is 9.47 Å². The fourth-order valence-corrected chi connectivity index (χ4v) is 2.54. The first kappa shape index (κ1) is 14.9. The number of carboxylic acids is 1. The van der Waals surface area contributed by atoms with Crippen LogP contribution in [0.25, 0.3) is 16.9 Å². The zero-order valence-corrected chi connectivity index (χ0v) is 13.0. The summed E-state index contributed by atoms with van der Waals surface area (Å²) in [7, 11) is 3.08. The lowest BCUT2D eigenvalue weighted by Gasteiger charge is -2.09. The molecule has 0 amide bonds. The van der Waals surface area contributed by atoms with E-state index in [0.717, 1.165) is 5.56 Å². The van der Waals surface area contributed by atoms with E-state index in [0.29, 0.717) is 28.4 Å². The van der Waals surface area contributed by atoms with Crippen LogP contribution in [0.15, 0.2) is 36.5 Å². The number of aryl methyl sites for hydroxylation is 1. The molecule has 0 atom stereocenters. The number of hydrogen-bond acceptors (Lipinski definition) is 4. The summed E-state index contributed by atoms with van der Waals surface area (Å²) in [6.45, 7) is 1.94. The van der Waals surface area contributed by atoms with Gasteiger partial charge in [-0.2, -0.15) is 0 Å². The predicted molar refractivity (Wildman–Crippen MR) is 85.4 cm³/mol. The highest BCUT2D eigenvalue weighted by molar-refractivity contribution is 5.95. The quantitative estimate of drug-likeness (QED) is 0.801. The summed E-state index contributed by atoms with van der Waals surface area (Å²) in [6, 6.07) is 8.91. The van der Waals surface area contributed by atoms with Crippen molar-refractivity contribution in [3.05, 3.63) is 47.8 Å². The van der Waals surface area contributed by atoms with E-state index in [1.54, 1.807) is 35.9 Å². The van der Waals surface area contributed by atoms with Gasteiger partial charge in [-0.25, -0.2) is 9.78 Å². The third kappa shape index (κ3) is 2.48. The van der Waals surface area contributed by atoms with Crippen LogP contribution in [-0.2, 0) is 0 Å². The van der Waals surface area contributed by atoms with Gasteiger partial charge in [-0.15, -0.1) is 0 Å². The van der Waals surface area contributed by atoms with Gasteiger partial charge in [0.15, 0.2) is 17.2 Å². The van der Waals surface area contributed by atoms with E-state index < -0.39 is 5.97 Å². The maximum absolute atomic E-state index is 11.7. The molecule has 2 aromatic heterocycles. The first-order chi connectivity index (χ1) is 11.0. The number of benzene rings is 1. The molecular weight excluding hydrogens is 296 g/mol. The third-order valence-corrected chi connectivity index (χ3v) is 3.64. The van der Waals surface area contributed by atoms with Gasteiger partial charge in [0.05, 0.1) is 14.2 Å². The maximum atomic E-state index is 11.7. The number of imidazole rings is 1. The number of nitrogens with zero attached hydrogens (tertiary/aromatic N) is 2. The molecule has 1 aromatic carbocycles. The highest BCUT2D eigenvalue weighted by Gasteiger charge is 2.21. The topological polar surface area (TPSA) is 73.1 Å². The minimum Gasteiger partial charge on any atom is -0.493 e. The molecule has 0 saturated heterocycles. The Morgan fingerprint density at radius 2 is 1.87 bits per heavy atom. The lowest BCUT2D eigenvalue weighted by atomic mass is 10.1. The lowest BCUT2D eigenvalue weighted by Crippen LogP contribution is -2.03. The van der Waals surface area contributed by atoms with Crippen molar-refractivity contribution < 1.29 is 19.4 Å². The molecule has 0 saturated carbocycles. The molecule has 6 heteroatoms. The number of carbonyl (C=O) groups is 1. The monoisotopic (exact) mass is 312 g/mol. The largest absolute Gasteiger partial charge is 0.493 e. The average Bonchev–Trinajstić information content (AvgIpc) is 2.92. The molecule has 1 N–H and O–H groups in total. The number of hydrogen-bond donors (Lipinski definition) is 1. The van der Waals surface area contributed by atoms with Gasteiger partial charge in [-0.1, -0.05) is 0 Å². The Morgan fingerprint density at radius 1 is 1.13 bits per heavy atom. The van der Waals surface area contributed by atoms with Crippen LogP contribution in [0.5, 0.6) is 11.5 Å². The highest BCUT2D eigenvalue weighted by Crippen LogP contribution is 2.33. The summed E-state index contributed by atoms with van der Waals surface area (Å²) in [5, 5.41) is 9.59. The molecule has 3 aromatic rings. The van der Waals surface area contributed by atoms with E-state index in [2.05, 4.69) is 4.98 Å². The molecule has 0 unspecified atom stereocenters. The summed E-state index contributed by atoms with van der Waals surface area (Å²) in [5.41, 5.74) is 2.77. The van der Waals surface area contributed by atoms with Crippen molar-refractivity contribution in [3.8, 4) is 22.8 Å². The second-order valence-electron chi connectivity index (χ2n) is 5.12. The molecule has 3 rings (SSSR count). The number of ether oxygens (including phenoxy) is 2. The molecule has 6 nitrogen and oxygen atoms in total. The first-order valence-corrected chi connectivity index (χ1v) is 6.99. The number of aromatic carboxylic acids is 1. The standard InChI is InChI=1S/C17H16N2O4/c1-10-6-7-19-14(8-10)18-15(16(19)17(20)21)11-4-5-12(22-2)13(9-11)23-3/h4-9H,1-3H3,(H,20,21). The minimum absolute atomic E-state index is 0.118. The van der Waals surface area contributed by atoms with Gasteiger partial charge in [0.1, 0.15) is 11.3 Å². The van der Waals surface area contributed by atoms with Gasteiger partial charge in [0.2, 0.25) is 0 Å². The maximum Gasteiger partial charge on any atom is 0.355 e. The summed E-state index contributed by atoms with van der Waals surface area (Å²) in [4.78, 5) is 16.2. The van der Waals surface area contributed by atoms with E-state index >= 15 is 0 Å². The van der Waals surface area contributed by atoms with Crippen LogP contribution in [0.3, 0.4) is 0 Å². The SMILES string of the molecule is COc1ccc(-c2nc3cc(C)ccn3c2C(=O)O)cc1OC. The van der Waals surface area contributed by atoms with Gasteiger partial charge in [0, 0.05) is 11.8 Å². The lowest BCUT2D eigenvalue weighted by molar-refractivity contribution is 0.0690. The fourth-order valence-electron chi connectivity index (χ4n) is 2.54. The molecule has 0 aliphatic rings. The first-order valence-electron chi connectivity index (χ1n) is 6.99. The average molecular weight is 312 g/mol. The summed E-state index contributed by atoms with van der Waals surface area (Å²) in [6.07, 6.45) is 1.71. The van der Waals surface area contributed by atoms with E-state index in [1.165, 1.54) is 7.11 Å². The molecule has 23 heavy (non-hydrogen) atoms. The Morgan fingerprint density at radius 3 is 2.52 bits per heavy atom. The van der Waals surface area contributed by atoms with Crippen molar-refractivity contribution in [2.24, 2.45) is 0 Å². The second-order valence-corrected chi connectivity index (χ2v) is 5.12. The zero-order valence-electron chi connectivity index (χ0n) is 13.0. The fraction of sp³-hybridized carbons (Fsp3) is 0.176. The number of rotatable bonds is 4. The number of pyridine rings is 1. The van der Waals surface area contributed by atoms with Crippen LogP contribution in [-0.4, -0.2) is 34.7 Å². The number of methoxy groups -OCH3 is 2. The molecule has 0 radical (unpaired) electrons. The molecule has 0 aliphatic carbocycles. The van der Waals surface area contributed by atoms with E-state index in [9.17, 15) is 9.90 Å². The molecule has 0 fully saturated rings. The molecule has 0 spiro atoms.